The third-order valence-electron chi connectivity index (χ3n) is 4.37. The maximum absolute atomic E-state index is 12.4. The van der Waals surface area contributed by atoms with Crippen molar-refractivity contribution in [1.82, 2.24) is 20.1 Å². The molecule has 0 aromatic carbocycles. The molecule has 5 heteroatoms. The molecular formula is C14H22N4O. The van der Waals surface area contributed by atoms with Gasteiger partial charge < -0.3 is 4.90 Å². The molecule has 1 saturated heterocycles. The van der Waals surface area contributed by atoms with E-state index in [1.807, 2.05) is 4.90 Å². The molecule has 5 nitrogen and oxygen atoms in total. The number of likely N-dealkylation sites (tertiary alicyclic amines) is 1. The van der Waals surface area contributed by atoms with Crippen LogP contribution in [-0.4, -0.2) is 39.1 Å². The van der Waals surface area contributed by atoms with Gasteiger partial charge in [0.15, 0.2) is 0 Å². The number of rotatable bonds is 3. The van der Waals surface area contributed by atoms with Gasteiger partial charge in [-0.25, -0.2) is 4.98 Å². The van der Waals surface area contributed by atoms with Crippen LogP contribution >= 0.6 is 0 Å². The van der Waals surface area contributed by atoms with Gasteiger partial charge in [-0.2, -0.15) is 0 Å². The van der Waals surface area contributed by atoms with Crippen LogP contribution in [0.3, 0.4) is 0 Å². The van der Waals surface area contributed by atoms with Crippen LogP contribution in [0.1, 0.15) is 67.8 Å². The number of H-pyrrole nitrogens is 1. The second-order valence-electron chi connectivity index (χ2n) is 5.82. The summed E-state index contributed by atoms with van der Waals surface area (Å²) < 4.78 is 0. The molecule has 1 aromatic heterocycles. The van der Waals surface area contributed by atoms with Crippen LogP contribution in [0.15, 0.2) is 0 Å². The number of nitrogens with one attached hydrogen (secondary N) is 1. The average Bonchev–Trinajstić information content (AvgIpc) is 3.21. The van der Waals surface area contributed by atoms with E-state index in [0.29, 0.717) is 11.7 Å². The lowest BCUT2D eigenvalue weighted by Gasteiger charge is -2.18. The summed E-state index contributed by atoms with van der Waals surface area (Å²) in [5, 5.41) is 7.01. The van der Waals surface area contributed by atoms with Crippen LogP contribution in [0, 0.1) is 5.92 Å². The first kappa shape index (κ1) is 12.6. The van der Waals surface area contributed by atoms with Crippen molar-refractivity contribution in [3.8, 4) is 0 Å². The molecule has 2 heterocycles. The Hall–Kier alpha value is -1.39. The summed E-state index contributed by atoms with van der Waals surface area (Å²) in [6.07, 6.45) is 7.01. The van der Waals surface area contributed by atoms with E-state index in [9.17, 15) is 4.79 Å². The molecule has 104 valence electrons. The number of carbonyl (C=O) groups is 1. The maximum atomic E-state index is 12.4. The summed E-state index contributed by atoms with van der Waals surface area (Å²) in [7, 11) is 0. The van der Waals surface area contributed by atoms with E-state index in [2.05, 4.69) is 22.1 Å². The van der Waals surface area contributed by atoms with E-state index in [1.54, 1.807) is 0 Å². The Morgan fingerprint density at radius 1 is 1.32 bits per heavy atom. The quantitative estimate of drug-likeness (QED) is 0.909. The monoisotopic (exact) mass is 262 g/mol. The fourth-order valence-electron chi connectivity index (χ4n) is 2.83. The standard InChI is InChI=1S/C14H22N4O/c1-2-10-4-3-8-18(9-7-10)14(19)13-15-12(16-17-13)11-5-6-11/h10-11H,2-9H2,1H3,(H,15,16,17). The zero-order chi connectivity index (χ0) is 13.2. The van der Waals surface area contributed by atoms with Crippen molar-refractivity contribution in [2.45, 2.75) is 51.4 Å². The van der Waals surface area contributed by atoms with Gasteiger partial charge in [0.25, 0.3) is 5.91 Å². The van der Waals surface area contributed by atoms with Crippen molar-refractivity contribution in [2.24, 2.45) is 5.92 Å². The molecule has 2 fully saturated rings. The minimum absolute atomic E-state index is 0.0000898. The molecule has 0 spiro atoms. The Bertz CT molecular complexity index is 452. The molecule has 19 heavy (non-hydrogen) atoms. The highest BCUT2D eigenvalue weighted by Gasteiger charge is 2.29. The van der Waals surface area contributed by atoms with E-state index in [4.69, 9.17) is 0 Å². The Labute approximate surface area is 113 Å². The molecule has 1 N–H and O–H groups in total. The summed E-state index contributed by atoms with van der Waals surface area (Å²) in [6, 6.07) is 0. The normalized spacial score (nSPS) is 24.3. The summed E-state index contributed by atoms with van der Waals surface area (Å²) in [5.74, 6) is 2.54. The van der Waals surface area contributed by atoms with E-state index in [0.717, 1.165) is 37.7 Å². The van der Waals surface area contributed by atoms with Gasteiger partial charge in [0.2, 0.25) is 5.82 Å². The molecule has 1 aromatic rings. The van der Waals surface area contributed by atoms with Crippen LogP contribution in [-0.2, 0) is 0 Å². The third kappa shape index (κ3) is 2.80. The Balaban J connectivity index is 1.65. The third-order valence-corrected chi connectivity index (χ3v) is 4.37. The lowest BCUT2D eigenvalue weighted by atomic mass is 9.98. The molecule has 1 aliphatic heterocycles. The molecule has 0 bridgehead atoms. The summed E-state index contributed by atoms with van der Waals surface area (Å²) in [4.78, 5) is 18.7. The van der Waals surface area contributed by atoms with Crippen molar-refractivity contribution in [1.29, 1.82) is 0 Å². The second kappa shape index (κ2) is 5.31. The van der Waals surface area contributed by atoms with Gasteiger partial charge in [-0.1, -0.05) is 13.3 Å². The summed E-state index contributed by atoms with van der Waals surface area (Å²) >= 11 is 0. The van der Waals surface area contributed by atoms with Crippen molar-refractivity contribution < 1.29 is 4.79 Å². The van der Waals surface area contributed by atoms with Crippen LogP contribution in [0.5, 0.6) is 0 Å². The molecule has 1 atom stereocenters. The van der Waals surface area contributed by atoms with Crippen LogP contribution < -0.4 is 0 Å². The Kier molecular flexibility index (Phi) is 3.53. The first-order chi connectivity index (χ1) is 9.28. The number of aromatic nitrogens is 3. The number of carbonyl (C=O) groups excluding carboxylic acids is 1. The number of hydrogen-bond donors (Lipinski definition) is 1. The average molecular weight is 262 g/mol. The van der Waals surface area contributed by atoms with Gasteiger partial charge in [0, 0.05) is 19.0 Å². The fraction of sp³-hybridized carbons (Fsp3) is 0.786. The van der Waals surface area contributed by atoms with Crippen molar-refractivity contribution in [3.63, 3.8) is 0 Å². The molecular weight excluding hydrogens is 240 g/mol. The van der Waals surface area contributed by atoms with Gasteiger partial charge in [-0.05, 0) is 38.0 Å². The Morgan fingerprint density at radius 2 is 2.16 bits per heavy atom. The van der Waals surface area contributed by atoms with Crippen LogP contribution in [0.2, 0.25) is 0 Å². The molecule has 3 rings (SSSR count). The predicted octanol–water partition coefficient (Wildman–Crippen LogP) is 2.33. The highest BCUT2D eigenvalue weighted by molar-refractivity contribution is 5.90. The van der Waals surface area contributed by atoms with Crippen molar-refractivity contribution in [2.75, 3.05) is 13.1 Å². The van der Waals surface area contributed by atoms with Gasteiger partial charge >= 0.3 is 0 Å². The first-order valence-electron chi connectivity index (χ1n) is 7.49. The zero-order valence-electron chi connectivity index (χ0n) is 11.6. The van der Waals surface area contributed by atoms with Gasteiger partial charge in [-0.15, -0.1) is 5.10 Å². The molecule has 1 amide bonds. The van der Waals surface area contributed by atoms with E-state index < -0.39 is 0 Å². The Morgan fingerprint density at radius 3 is 2.89 bits per heavy atom. The number of nitrogens with zero attached hydrogens (tertiary/aromatic N) is 3. The van der Waals surface area contributed by atoms with E-state index >= 15 is 0 Å². The van der Waals surface area contributed by atoms with E-state index in [-0.39, 0.29) is 5.91 Å². The topological polar surface area (TPSA) is 61.9 Å². The zero-order valence-corrected chi connectivity index (χ0v) is 11.6. The largest absolute Gasteiger partial charge is 0.336 e. The lowest BCUT2D eigenvalue weighted by molar-refractivity contribution is 0.0748. The summed E-state index contributed by atoms with van der Waals surface area (Å²) in [5.41, 5.74) is 0. The molecule has 2 aliphatic rings. The van der Waals surface area contributed by atoms with Gasteiger partial charge in [0.05, 0.1) is 0 Å². The second-order valence-corrected chi connectivity index (χ2v) is 5.82. The smallest absolute Gasteiger partial charge is 0.293 e. The predicted molar refractivity (Wildman–Crippen MR) is 71.9 cm³/mol. The first-order valence-corrected chi connectivity index (χ1v) is 7.49. The van der Waals surface area contributed by atoms with Crippen LogP contribution in [0.4, 0.5) is 0 Å². The molecule has 0 radical (unpaired) electrons. The van der Waals surface area contributed by atoms with Crippen molar-refractivity contribution >= 4 is 5.91 Å². The minimum Gasteiger partial charge on any atom is -0.336 e. The number of amides is 1. The van der Waals surface area contributed by atoms with Gasteiger partial charge in [-0.3, -0.25) is 9.89 Å². The SMILES string of the molecule is CCC1CCCN(C(=O)c2n[nH]c(C3CC3)n2)CC1. The van der Waals surface area contributed by atoms with Crippen LogP contribution in [0.25, 0.3) is 0 Å². The molecule has 1 unspecified atom stereocenters. The van der Waals surface area contributed by atoms with Gasteiger partial charge in [0.1, 0.15) is 5.82 Å². The minimum atomic E-state index is -0.0000898. The molecule has 1 saturated carbocycles. The van der Waals surface area contributed by atoms with Crippen molar-refractivity contribution in [3.05, 3.63) is 11.6 Å². The fourth-order valence-corrected chi connectivity index (χ4v) is 2.83. The lowest BCUT2D eigenvalue weighted by Crippen LogP contribution is -2.32. The van der Waals surface area contributed by atoms with E-state index in [1.165, 1.54) is 25.7 Å². The maximum Gasteiger partial charge on any atom is 0.293 e. The number of hydrogen-bond acceptors (Lipinski definition) is 3. The molecule has 1 aliphatic carbocycles. The highest BCUT2D eigenvalue weighted by Crippen LogP contribution is 2.37. The summed E-state index contributed by atoms with van der Waals surface area (Å²) in [6.45, 7) is 3.94. The highest BCUT2D eigenvalue weighted by atomic mass is 16.2. The number of aromatic amines is 1.